The first-order valence-electron chi connectivity index (χ1n) is 6.30. The molecule has 0 aromatic carbocycles. The van der Waals surface area contributed by atoms with Crippen molar-refractivity contribution in [1.82, 2.24) is 15.3 Å². The molecule has 1 saturated heterocycles. The van der Waals surface area contributed by atoms with Crippen LogP contribution in [0.25, 0.3) is 0 Å². The summed E-state index contributed by atoms with van der Waals surface area (Å²) in [5.41, 5.74) is 0.914. The van der Waals surface area contributed by atoms with Crippen molar-refractivity contribution in [2.24, 2.45) is 0 Å². The number of H-pyrrole nitrogens is 1. The molecule has 1 aromatic heterocycles. The van der Waals surface area contributed by atoms with E-state index in [-0.39, 0.29) is 5.56 Å². The molecule has 1 aromatic rings. The molecule has 0 bridgehead atoms. The van der Waals surface area contributed by atoms with E-state index in [0.29, 0.717) is 5.92 Å². The minimum Gasteiger partial charge on any atom is -0.359 e. The Hall–Kier alpha value is -1.36. The van der Waals surface area contributed by atoms with Crippen molar-refractivity contribution in [2.75, 3.05) is 31.6 Å². The Kier molecular flexibility index (Phi) is 2.63. The van der Waals surface area contributed by atoms with Gasteiger partial charge in [-0.15, -0.1) is 0 Å². The van der Waals surface area contributed by atoms with Crippen LogP contribution in [0.3, 0.4) is 0 Å². The Morgan fingerprint density at radius 3 is 3.12 bits per heavy atom. The molecule has 0 radical (unpaired) electrons. The standard InChI is InChI=1S/C12H18N4O/c1-16-6-2-3-9-11(16)14-10(15-12(9)17)8-4-5-13-7-8/h8,13H,2-7H2,1H3,(H,14,15,17). The minimum atomic E-state index is 0.0588. The van der Waals surface area contributed by atoms with Gasteiger partial charge >= 0.3 is 0 Å². The lowest BCUT2D eigenvalue weighted by Crippen LogP contribution is -2.32. The van der Waals surface area contributed by atoms with Crippen LogP contribution >= 0.6 is 0 Å². The molecular weight excluding hydrogens is 216 g/mol. The second kappa shape index (κ2) is 4.14. The number of rotatable bonds is 1. The summed E-state index contributed by atoms with van der Waals surface area (Å²) >= 11 is 0. The molecule has 2 N–H and O–H groups in total. The van der Waals surface area contributed by atoms with Crippen LogP contribution in [0.4, 0.5) is 5.82 Å². The third kappa shape index (κ3) is 1.84. The number of hydrogen-bond acceptors (Lipinski definition) is 4. The van der Waals surface area contributed by atoms with Gasteiger partial charge in [-0.2, -0.15) is 0 Å². The van der Waals surface area contributed by atoms with E-state index in [1.54, 1.807) is 0 Å². The van der Waals surface area contributed by atoms with Gasteiger partial charge in [0.2, 0.25) is 0 Å². The molecular formula is C12H18N4O. The molecule has 5 heteroatoms. The van der Waals surface area contributed by atoms with Crippen LogP contribution in [0.15, 0.2) is 4.79 Å². The first kappa shape index (κ1) is 10.8. The number of fused-ring (bicyclic) bond motifs is 1. The molecule has 3 rings (SSSR count). The summed E-state index contributed by atoms with van der Waals surface area (Å²) in [5.74, 6) is 2.11. The molecule has 0 aliphatic carbocycles. The van der Waals surface area contributed by atoms with Gasteiger partial charge in [-0.25, -0.2) is 4.98 Å². The highest BCUT2D eigenvalue weighted by atomic mass is 16.1. The van der Waals surface area contributed by atoms with E-state index in [1.165, 1.54) is 0 Å². The van der Waals surface area contributed by atoms with E-state index in [1.807, 2.05) is 7.05 Å². The molecule has 5 nitrogen and oxygen atoms in total. The van der Waals surface area contributed by atoms with E-state index in [0.717, 1.165) is 56.1 Å². The molecule has 0 saturated carbocycles. The largest absolute Gasteiger partial charge is 0.359 e. The fourth-order valence-electron chi connectivity index (χ4n) is 2.72. The molecule has 1 unspecified atom stereocenters. The highest BCUT2D eigenvalue weighted by molar-refractivity contribution is 5.47. The number of nitrogens with zero attached hydrogens (tertiary/aromatic N) is 2. The fraction of sp³-hybridized carbons (Fsp3) is 0.667. The van der Waals surface area contributed by atoms with Gasteiger partial charge in [-0.1, -0.05) is 0 Å². The van der Waals surface area contributed by atoms with Crippen LogP contribution in [0.2, 0.25) is 0 Å². The molecule has 1 atom stereocenters. The zero-order valence-corrected chi connectivity index (χ0v) is 10.1. The zero-order chi connectivity index (χ0) is 11.8. The van der Waals surface area contributed by atoms with Crippen LogP contribution in [0.5, 0.6) is 0 Å². The van der Waals surface area contributed by atoms with Crippen molar-refractivity contribution in [3.05, 3.63) is 21.7 Å². The summed E-state index contributed by atoms with van der Waals surface area (Å²) in [4.78, 5) is 21.8. The minimum absolute atomic E-state index is 0.0588. The molecule has 2 aliphatic heterocycles. The van der Waals surface area contributed by atoms with E-state index in [9.17, 15) is 4.79 Å². The quantitative estimate of drug-likeness (QED) is 0.730. The maximum Gasteiger partial charge on any atom is 0.256 e. The smallest absolute Gasteiger partial charge is 0.256 e. The van der Waals surface area contributed by atoms with Gasteiger partial charge in [-0.3, -0.25) is 4.79 Å². The average molecular weight is 234 g/mol. The van der Waals surface area contributed by atoms with Crippen molar-refractivity contribution in [2.45, 2.75) is 25.2 Å². The van der Waals surface area contributed by atoms with E-state index >= 15 is 0 Å². The maximum absolute atomic E-state index is 12.0. The van der Waals surface area contributed by atoms with Crippen molar-refractivity contribution in [1.29, 1.82) is 0 Å². The van der Waals surface area contributed by atoms with E-state index in [2.05, 4.69) is 20.2 Å². The normalized spacial score (nSPS) is 23.8. The highest BCUT2D eigenvalue weighted by Crippen LogP contribution is 2.24. The van der Waals surface area contributed by atoms with Crippen LogP contribution in [-0.4, -0.2) is 36.6 Å². The summed E-state index contributed by atoms with van der Waals surface area (Å²) in [6.45, 7) is 2.93. The summed E-state index contributed by atoms with van der Waals surface area (Å²) < 4.78 is 0. The third-order valence-corrected chi connectivity index (χ3v) is 3.74. The van der Waals surface area contributed by atoms with Crippen molar-refractivity contribution in [3.8, 4) is 0 Å². The van der Waals surface area contributed by atoms with Gasteiger partial charge in [0.25, 0.3) is 5.56 Å². The lowest BCUT2D eigenvalue weighted by atomic mass is 10.1. The maximum atomic E-state index is 12.0. The van der Waals surface area contributed by atoms with Gasteiger partial charge < -0.3 is 15.2 Å². The van der Waals surface area contributed by atoms with Gasteiger partial charge in [-0.05, 0) is 25.8 Å². The van der Waals surface area contributed by atoms with E-state index in [4.69, 9.17) is 0 Å². The Morgan fingerprint density at radius 1 is 1.47 bits per heavy atom. The second-order valence-electron chi connectivity index (χ2n) is 4.97. The molecule has 1 fully saturated rings. The van der Waals surface area contributed by atoms with Gasteiger partial charge in [0.1, 0.15) is 11.6 Å². The summed E-state index contributed by atoms with van der Waals surface area (Å²) in [6.07, 6.45) is 2.95. The molecule has 2 aliphatic rings. The molecule has 92 valence electrons. The average Bonchev–Trinajstić information content (AvgIpc) is 2.84. The lowest BCUT2D eigenvalue weighted by Gasteiger charge is -2.26. The van der Waals surface area contributed by atoms with Gasteiger partial charge in [0, 0.05) is 26.1 Å². The van der Waals surface area contributed by atoms with Crippen LogP contribution in [0, 0.1) is 0 Å². The van der Waals surface area contributed by atoms with Crippen LogP contribution in [-0.2, 0) is 6.42 Å². The van der Waals surface area contributed by atoms with Crippen molar-refractivity contribution >= 4 is 5.82 Å². The molecule has 0 spiro atoms. The Balaban J connectivity index is 2.04. The predicted molar refractivity (Wildman–Crippen MR) is 66.7 cm³/mol. The summed E-state index contributed by atoms with van der Waals surface area (Å²) in [5, 5.41) is 3.31. The first-order chi connectivity index (χ1) is 8.25. The topological polar surface area (TPSA) is 61.0 Å². The Morgan fingerprint density at radius 2 is 2.35 bits per heavy atom. The summed E-state index contributed by atoms with van der Waals surface area (Å²) in [7, 11) is 2.01. The van der Waals surface area contributed by atoms with Gasteiger partial charge in [0.15, 0.2) is 0 Å². The number of hydrogen-bond donors (Lipinski definition) is 2. The number of aromatic nitrogens is 2. The summed E-state index contributed by atoms with van der Waals surface area (Å²) in [6, 6.07) is 0. The molecule has 3 heterocycles. The monoisotopic (exact) mass is 234 g/mol. The molecule has 17 heavy (non-hydrogen) atoms. The second-order valence-corrected chi connectivity index (χ2v) is 4.97. The lowest BCUT2D eigenvalue weighted by molar-refractivity contribution is 0.662. The predicted octanol–water partition coefficient (Wildman–Crippen LogP) is 0.229. The first-order valence-corrected chi connectivity index (χ1v) is 6.30. The SMILES string of the molecule is CN1CCCc2c1nc(C1CCNC1)[nH]c2=O. The Bertz CT molecular complexity index is 476. The zero-order valence-electron chi connectivity index (χ0n) is 10.1. The van der Waals surface area contributed by atoms with Gasteiger partial charge in [0.05, 0.1) is 5.56 Å². The molecule has 0 amide bonds. The fourth-order valence-corrected chi connectivity index (χ4v) is 2.72. The van der Waals surface area contributed by atoms with Crippen LogP contribution in [0.1, 0.15) is 30.1 Å². The van der Waals surface area contributed by atoms with E-state index < -0.39 is 0 Å². The van der Waals surface area contributed by atoms with Crippen molar-refractivity contribution in [3.63, 3.8) is 0 Å². The number of nitrogens with one attached hydrogen (secondary N) is 2. The Labute approximate surface area is 100 Å². The van der Waals surface area contributed by atoms with Crippen LogP contribution < -0.4 is 15.8 Å². The number of anilines is 1. The number of aromatic amines is 1. The highest BCUT2D eigenvalue weighted by Gasteiger charge is 2.24. The van der Waals surface area contributed by atoms with Crippen molar-refractivity contribution < 1.29 is 0 Å². The third-order valence-electron chi connectivity index (χ3n) is 3.74.